The highest BCUT2D eigenvalue weighted by Crippen LogP contribution is 2.27. The summed E-state index contributed by atoms with van der Waals surface area (Å²) < 4.78 is 65.4. The zero-order valence-electron chi connectivity index (χ0n) is 16.6. The summed E-state index contributed by atoms with van der Waals surface area (Å²) in [5.74, 6) is -8.23. The second-order valence-corrected chi connectivity index (χ2v) is 7.05. The third-order valence-corrected chi connectivity index (χ3v) is 4.99. The summed E-state index contributed by atoms with van der Waals surface area (Å²) in [6.45, 7) is 4.00. The first-order chi connectivity index (χ1) is 14.7. The predicted octanol–water partition coefficient (Wildman–Crippen LogP) is 4.70. The lowest BCUT2D eigenvalue weighted by molar-refractivity contribution is 0.0920. The number of amides is 1. The predicted molar refractivity (Wildman–Crippen MR) is 103 cm³/mol. The van der Waals surface area contributed by atoms with Gasteiger partial charge < -0.3 is 14.5 Å². The van der Waals surface area contributed by atoms with Crippen LogP contribution in [0.4, 0.5) is 17.6 Å². The van der Waals surface area contributed by atoms with E-state index in [2.05, 4.69) is 10.4 Å². The summed E-state index contributed by atoms with van der Waals surface area (Å²) in [7, 11) is 0. The third kappa shape index (κ3) is 5.01. The molecule has 3 aromatic rings. The van der Waals surface area contributed by atoms with Gasteiger partial charge in [-0.05, 0) is 32.4 Å². The lowest BCUT2D eigenvalue weighted by Gasteiger charge is -2.08. The van der Waals surface area contributed by atoms with Gasteiger partial charge in [-0.1, -0.05) is 11.6 Å². The maximum Gasteiger partial charge on any atom is 0.286 e. The van der Waals surface area contributed by atoms with E-state index in [-0.39, 0.29) is 17.6 Å². The van der Waals surface area contributed by atoms with Crippen molar-refractivity contribution in [1.29, 1.82) is 0 Å². The lowest BCUT2D eigenvalue weighted by Crippen LogP contribution is -2.25. The van der Waals surface area contributed by atoms with Gasteiger partial charge in [0.05, 0.1) is 16.4 Å². The van der Waals surface area contributed by atoms with E-state index in [0.29, 0.717) is 24.5 Å². The van der Waals surface area contributed by atoms with Crippen LogP contribution in [-0.4, -0.2) is 22.2 Å². The molecule has 1 amide bonds. The van der Waals surface area contributed by atoms with E-state index in [9.17, 15) is 22.4 Å². The Morgan fingerprint density at radius 2 is 1.87 bits per heavy atom. The number of nitrogens with zero attached hydrogens (tertiary/aromatic N) is 2. The molecule has 2 aromatic heterocycles. The molecule has 0 aliphatic heterocycles. The minimum atomic E-state index is -1.66. The Morgan fingerprint density at radius 3 is 2.48 bits per heavy atom. The fraction of sp³-hybridized carbons (Fsp3) is 0.300. The van der Waals surface area contributed by atoms with Crippen molar-refractivity contribution in [3.8, 4) is 5.75 Å². The van der Waals surface area contributed by atoms with E-state index in [0.717, 1.165) is 11.4 Å². The molecule has 0 fully saturated rings. The van der Waals surface area contributed by atoms with Crippen LogP contribution in [0.3, 0.4) is 0 Å². The Labute approximate surface area is 179 Å². The minimum Gasteiger partial charge on any atom is -0.479 e. The SMILES string of the molecule is Cc1nn(CCCNC(=O)c2ccc(COc3c(F)c(F)cc(F)c3F)o2)c(C)c1Cl. The Kier molecular flexibility index (Phi) is 6.89. The molecule has 0 radical (unpaired) electrons. The van der Waals surface area contributed by atoms with Gasteiger partial charge in [-0.3, -0.25) is 9.48 Å². The number of benzene rings is 1. The third-order valence-electron chi connectivity index (χ3n) is 4.44. The average molecular weight is 460 g/mol. The average Bonchev–Trinajstić information content (AvgIpc) is 3.30. The van der Waals surface area contributed by atoms with Crippen molar-refractivity contribution in [1.82, 2.24) is 15.1 Å². The van der Waals surface area contributed by atoms with Crippen LogP contribution in [0.1, 0.15) is 34.1 Å². The van der Waals surface area contributed by atoms with Gasteiger partial charge in [-0.15, -0.1) is 0 Å². The van der Waals surface area contributed by atoms with Crippen molar-refractivity contribution in [3.05, 3.63) is 69.4 Å². The van der Waals surface area contributed by atoms with Crippen LogP contribution in [0.15, 0.2) is 22.6 Å². The normalized spacial score (nSPS) is 11.1. The number of carbonyl (C=O) groups is 1. The molecule has 6 nitrogen and oxygen atoms in total. The molecule has 2 heterocycles. The number of carbonyl (C=O) groups excluding carboxylic acids is 1. The second-order valence-electron chi connectivity index (χ2n) is 6.67. The molecule has 0 saturated heterocycles. The molecule has 166 valence electrons. The van der Waals surface area contributed by atoms with Gasteiger partial charge in [-0.2, -0.15) is 13.9 Å². The molecular formula is C20H18ClF4N3O3. The number of aryl methyl sites for hydroxylation is 2. The van der Waals surface area contributed by atoms with Crippen LogP contribution in [0.2, 0.25) is 5.02 Å². The first kappa shape index (κ1) is 22.7. The van der Waals surface area contributed by atoms with E-state index in [1.165, 1.54) is 12.1 Å². The standard InChI is InChI=1S/C20H18ClF4N3O3/c1-10-16(21)11(2)28(27-10)7-3-6-26-20(29)15-5-4-12(31-15)9-30-19-17(24)13(22)8-14(23)18(19)25/h4-5,8H,3,6-7,9H2,1-2H3,(H,26,29). The van der Waals surface area contributed by atoms with E-state index < -0.39 is 41.5 Å². The smallest absolute Gasteiger partial charge is 0.286 e. The minimum absolute atomic E-state index is 0.0332. The van der Waals surface area contributed by atoms with Crippen LogP contribution in [0.25, 0.3) is 0 Å². The number of aromatic nitrogens is 2. The molecule has 0 aliphatic carbocycles. The Bertz CT molecular complexity index is 1090. The van der Waals surface area contributed by atoms with Crippen LogP contribution in [-0.2, 0) is 13.2 Å². The second kappa shape index (κ2) is 9.42. The first-order valence-electron chi connectivity index (χ1n) is 9.21. The zero-order chi connectivity index (χ0) is 22.7. The summed E-state index contributed by atoms with van der Waals surface area (Å²) in [5.41, 5.74) is 1.57. The fourth-order valence-electron chi connectivity index (χ4n) is 2.81. The van der Waals surface area contributed by atoms with Gasteiger partial charge >= 0.3 is 0 Å². The van der Waals surface area contributed by atoms with Crippen molar-refractivity contribution in [2.45, 2.75) is 33.4 Å². The van der Waals surface area contributed by atoms with Gasteiger partial charge in [0.15, 0.2) is 23.1 Å². The van der Waals surface area contributed by atoms with Crippen LogP contribution < -0.4 is 10.1 Å². The van der Waals surface area contributed by atoms with Crippen molar-refractivity contribution in [2.24, 2.45) is 0 Å². The highest BCUT2D eigenvalue weighted by molar-refractivity contribution is 6.31. The molecule has 0 unspecified atom stereocenters. The number of hydrogen-bond donors (Lipinski definition) is 1. The zero-order valence-corrected chi connectivity index (χ0v) is 17.3. The van der Waals surface area contributed by atoms with Gasteiger partial charge in [0.2, 0.25) is 11.6 Å². The van der Waals surface area contributed by atoms with E-state index in [1.807, 2.05) is 6.92 Å². The van der Waals surface area contributed by atoms with Crippen molar-refractivity contribution < 1.29 is 31.5 Å². The van der Waals surface area contributed by atoms with Crippen molar-refractivity contribution in [2.75, 3.05) is 6.54 Å². The molecule has 3 rings (SSSR count). The molecular weight excluding hydrogens is 442 g/mol. The quantitative estimate of drug-likeness (QED) is 0.301. The Hall–Kier alpha value is -3.01. The number of ether oxygens (including phenoxy) is 1. The number of halogens is 5. The van der Waals surface area contributed by atoms with Gasteiger partial charge in [0.25, 0.3) is 5.91 Å². The Morgan fingerprint density at radius 1 is 1.19 bits per heavy atom. The molecule has 11 heteroatoms. The van der Waals surface area contributed by atoms with Gasteiger partial charge in [-0.25, -0.2) is 8.78 Å². The number of rotatable bonds is 8. The Balaban J connectivity index is 1.51. The summed E-state index contributed by atoms with van der Waals surface area (Å²) in [6, 6.07) is 2.77. The molecule has 0 bridgehead atoms. The van der Waals surface area contributed by atoms with Gasteiger partial charge in [0.1, 0.15) is 12.4 Å². The monoisotopic (exact) mass is 459 g/mol. The molecule has 1 aromatic carbocycles. The van der Waals surface area contributed by atoms with Crippen molar-refractivity contribution >= 4 is 17.5 Å². The largest absolute Gasteiger partial charge is 0.479 e. The summed E-state index contributed by atoms with van der Waals surface area (Å²) >= 11 is 6.09. The number of nitrogens with one attached hydrogen (secondary N) is 1. The topological polar surface area (TPSA) is 69.3 Å². The molecule has 0 atom stereocenters. The molecule has 1 N–H and O–H groups in total. The maximum atomic E-state index is 13.6. The summed E-state index contributed by atoms with van der Waals surface area (Å²) in [6.07, 6.45) is 0.588. The fourth-order valence-corrected chi connectivity index (χ4v) is 2.94. The molecule has 0 spiro atoms. The molecule has 0 saturated carbocycles. The molecule has 0 aliphatic rings. The van der Waals surface area contributed by atoms with Crippen molar-refractivity contribution in [3.63, 3.8) is 0 Å². The maximum absolute atomic E-state index is 13.6. The molecule has 31 heavy (non-hydrogen) atoms. The first-order valence-corrected chi connectivity index (χ1v) is 9.59. The summed E-state index contributed by atoms with van der Waals surface area (Å²) in [4.78, 5) is 12.2. The van der Waals surface area contributed by atoms with E-state index >= 15 is 0 Å². The highest BCUT2D eigenvalue weighted by atomic mass is 35.5. The summed E-state index contributed by atoms with van der Waals surface area (Å²) in [5, 5.41) is 7.57. The number of hydrogen-bond acceptors (Lipinski definition) is 4. The van der Waals surface area contributed by atoms with E-state index in [4.69, 9.17) is 20.8 Å². The highest BCUT2D eigenvalue weighted by Gasteiger charge is 2.21. The lowest BCUT2D eigenvalue weighted by atomic mass is 10.3. The van der Waals surface area contributed by atoms with Gasteiger partial charge in [0, 0.05) is 19.2 Å². The van der Waals surface area contributed by atoms with E-state index in [1.54, 1.807) is 11.6 Å². The number of furan rings is 1. The van der Waals surface area contributed by atoms with Crippen LogP contribution in [0.5, 0.6) is 5.75 Å². The van der Waals surface area contributed by atoms with Crippen LogP contribution in [0, 0.1) is 37.1 Å². The van der Waals surface area contributed by atoms with Crippen LogP contribution >= 0.6 is 11.6 Å².